The van der Waals surface area contributed by atoms with E-state index in [2.05, 4.69) is 5.32 Å². The van der Waals surface area contributed by atoms with Gasteiger partial charge in [-0.1, -0.05) is 11.6 Å². The molecule has 0 radical (unpaired) electrons. The summed E-state index contributed by atoms with van der Waals surface area (Å²) >= 11 is 0. The van der Waals surface area contributed by atoms with Gasteiger partial charge in [-0.2, -0.15) is 0 Å². The third-order valence-electron chi connectivity index (χ3n) is 4.78. The summed E-state index contributed by atoms with van der Waals surface area (Å²) in [6.45, 7) is 2.56. The van der Waals surface area contributed by atoms with Gasteiger partial charge in [0.2, 0.25) is 12.2 Å². The van der Waals surface area contributed by atoms with Crippen molar-refractivity contribution in [1.82, 2.24) is 5.32 Å². The van der Waals surface area contributed by atoms with Gasteiger partial charge in [0.15, 0.2) is 0 Å². The van der Waals surface area contributed by atoms with E-state index in [4.69, 9.17) is 14.2 Å². The highest BCUT2D eigenvalue weighted by Gasteiger charge is 2.46. The molecule has 9 heteroatoms. The van der Waals surface area contributed by atoms with E-state index in [1.807, 2.05) is 13.0 Å². The smallest absolute Gasteiger partial charge is 0.331 e. The summed E-state index contributed by atoms with van der Waals surface area (Å²) in [5.41, 5.74) is 0.867. The van der Waals surface area contributed by atoms with Crippen LogP contribution < -0.4 is 5.32 Å². The molecule has 9 nitrogen and oxygen atoms in total. The third-order valence-corrected chi connectivity index (χ3v) is 4.78. The maximum Gasteiger partial charge on any atom is 0.331 e. The second-order valence-electron chi connectivity index (χ2n) is 6.79. The second kappa shape index (κ2) is 7.81. The lowest BCUT2D eigenvalue weighted by Gasteiger charge is -2.42. The number of allylic oxidation sites excluding steroid dienone is 1. The van der Waals surface area contributed by atoms with Gasteiger partial charge in [-0.05, 0) is 19.1 Å². The number of carbonyl (C=O) groups excluding carboxylic acids is 2. The van der Waals surface area contributed by atoms with Gasteiger partial charge >= 0.3 is 5.97 Å². The van der Waals surface area contributed by atoms with E-state index >= 15 is 0 Å². The third kappa shape index (κ3) is 4.06. The SMILES string of the molecule is CC(=O)N[C@H]1[C@@H](OC2=C[C@@H]3OC(=O)C=C(C)[C@@H]3C=C2)O[C@@H](CO)[C@@H](O)[C@H]1O. The minimum atomic E-state index is -1.40. The van der Waals surface area contributed by atoms with Crippen LogP contribution >= 0.6 is 0 Å². The van der Waals surface area contributed by atoms with Gasteiger partial charge in [-0.3, -0.25) is 4.79 Å². The van der Waals surface area contributed by atoms with Crippen LogP contribution in [0.3, 0.4) is 0 Å². The predicted octanol–water partition coefficient (Wildman–Crippen LogP) is -1.11. The fourth-order valence-electron chi connectivity index (χ4n) is 3.38. The first kappa shape index (κ1) is 19.6. The van der Waals surface area contributed by atoms with E-state index in [0.29, 0.717) is 5.76 Å². The second-order valence-corrected chi connectivity index (χ2v) is 6.79. The standard InChI is InChI=1S/C18H23NO8/c1-8-5-14(22)26-12-6-10(3-4-11(8)12)25-18-15(19-9(2)21)17(24)16(23)13(7-20)27-18/h3-6,11-13,15-18,20,23-24H,7H2,1-2H3,(H,19,21)/t11-,12-,13-,15+,16+,17-,18-/m0/s1. The molecule has 148 valence electrons. The molecule has 4 N–H and O–H groups in total. The van der Waals surface area contributed by atoms with Crippen LogP contribution in [0, 0.1) is 5.92 Å². The zero-order chi connectivity index (χ0) is 19.7. The van der Waals surface area contributed by atoms with Gasteiger partial charge < -0.3 is 34.8 Å². The molecule has 0 spiro atoms. The molecule has 0 unspecified atom stereocenters. The van der Waals surface area contributed by atoms with Crippen LogP contribution in [-0.4, -0.2) is 70.6 Å². The topological polar surface area (TPSA) is 135 Å². The summed E-state index contributed by atoms with van der Waals surface area (Å²) in [6.07, 6.45) is 0.990. The maximum atomic E-state index is 11.6. The zero-order valence-corrected chi connectivity index (χ0v) is 14.9. The lowest BCUT2D eigenvalue weighted by atomic mass is 9.88. The van der Waals surface area contributed by atoms with Crippen molar-refractivity contribution in [2.24, 2.45) is 5.92 Å². The molecule has 2 aliphatic heterocycles. The Kier molecular flexibility index (Phi) is 5.66. The van der Waals surface area contributed by atoms with Crippen LogP contribution in [0.25, 0.3) is 0 Å². The molecule has 0 aromatic carbocycles. The molecular formula is C18H23NO8. The largest absolute Gasteiger partial charge is 0.463 e. The molecule has 3 aliphatic rings. The number of aliphatic hydroxyl groups excluding tert-OH is 3. The van der Waals surface area contributed by atoms with E-state index < -0.39 is 55.2 Å². The maximum absolute atomic E-state index is 11.6. The minimum absolute atomic E-state index is 0.0916. The summed E-state index contributed by atoms with van der Waals surface area (Å²) in [6, 6.07) is -1.05. The Morgan fingerprint density at radius 2 is 2.07 bits per heavy atom. The molecule has 1 fully saturated rings. The Bertz CT molecular complexity index is 699. The first-order valence-electron chi connectivity index (χ1n) is 8.65. The number of aliphatic hydroxyl groups is 3. The van der Waals surface area contributed by atoms with Gasteiger partial charge in [0.25, 0.3) is 0 Å². The minimum Gasteiger partial charge on any atom is -0.463 e. The number of nitrogens with one attached hydrogen (secondary N) is 1. The van der Waals surface area contributed by atoms with Crippen molar-refractivity contribution < 1.29 is 39.1 Å². The normalized spacial score (nSPS) is 38.3. The summed E-state index contributed by atoms with van der Waals surface area (Å²) in [7, 11) is 0. The molecule has 1 saturated heterocycles. The first-order valence-corrected chi connectivity index (χ1v) is 8.65. The van der Waals surface area contributed by atoms with Crippen molar-refractivity contribution in [2.45, 2.75) is 50.6 Å². The van der Waals surface area contributed by atoms with Crippen molar-refractivity contribution in [3.8, 4) is 0 Å². The first-order chi connectivity index (χ1) is 12.8. The molecular weight excluding hydrogens is 358 g/mol. The summed E-state index contributed by atoms with van der Waals surface area (Å²) < 4.78 is 16.6. The molecule has 27 heavy (non-hydrogen) atoms. The highest BCUT2D eigenvalue weighted by Crippen LogP contribution is 2.32. The molecule has 2 heterocycles. The van der Waals surface area contributed by atoms with Crippen LogP contribution in [-0.2, 0) is 23.8 Å². The quantitative estimate of drug-likeness (QED) is 0.450. The monoisotopic (exact) mass is 381 g/mol. The molecule has 0 aromatic heterocycles. The number of hydrogen-bond acceptors (Lipinski definition) is 8. The summed E-state index contributed by atoms with van der Waals surface area (Å²) in [5.74, 6) is -0.657. The Labute approximate surface area is 155 Å². The van der Waals surface area contributed by atoms with E-state index in [9.17, 15) is 24.9 Å². The molecule has 0 bridgehead atoms. The lowest BCUT2D eigenvalue weighted by Crippen LogP contribution is -2.64. The van der Waals surface area contributed by atoms with E-state index in [1.165, 1.54) is 13.0 Å². The van der Waals surface area contributed by atoms with Crippen molar-refractivity contribution >= 4 is 11.9 Å². The number of carbonyl (C=O) groups is 2. The number of esters is 1. The van der Waals surface area contributed by atoms with Crippen molar-refractivity contribution in [2.75, 3.05) is 6.61 Å². The van der Waals surface area contributed by atoms with Gasteiger partial charge in [-0.25, -0.2) is 4.79 Å². The highest BCUT2D eigenvalue weighted by atomic mass is 16.7. The van der Waals surface area contributed by atoms with Crippen LogP contribution in [0.1, 0.15) is 13.8 Å². The predicted molar refractivity (Wildman–Crippen MR) is 90.8 cm³/mol. The van der Waals surface area contributed by atoms with Gasteiger partial charge in [0.05, 0.1) is 6.61 Å². The van der Waals surface area contributed by atoms with Crippen molar-refractivity contribution in [3.63, 3.8) is 0 Å². The summed E-state index contributed by atoms with van der Waals surface area (Å²) in [4.78, 5) is 23.1. The highest BCUT2D eigenvalue weighted by molar-refractivity contribution is 5.84. The van der Waals surface area contributed by atoms with Crippen molar-refractivity contribution in [3.05, 3.63) is 35.6 Å². The molecule has 1 amide bonds. The molecule has 0 saturated carbocycles. The molecule has 3 rings (SSSR count). The van der Waals surface area contributed by atoms with Gasteiger partial charge in [0.1, 0.15) is 36.2 Å². The number of amides is 1. The molecule has 1 aliphatic carbocycles. The molecule has 7 atom stereocenters. The zero-order valence-electron chi connectivity index (χ0n) is 14.9. The Balaban J connectivity index is 1.78. The van der Waals surface area contributed by atoms with Gasteiger partial charge in [0, 0.05) is 18.9 Å². The van der Waals surface area contributed by atoms with E-state index in [-0.39, 0.29) is 5.92 Å². The van der Waals surface area contributed by atoms with Crippen LogP contribution in [0.2, 0.25) is 0 Å². The van der Waals surface area contributed by atoms with Crippen LogP contribution in [0.5, 0.6) is 0 Å². The average molecular weight is 381 g/mol. The van der Waals surface area contributed by atoms with Crippen molar-refractivity contribution in [1.29, 1.82) is 0 Å². The fraction of sp³-hybridized carbons (Fsp3) is 0.556. The van der Waals surface area contributed by atoms with E-state index in [0.717, 1.165) is 5.57 Å². The van der Waals surface area contributed by atoms with Crippen LogP contribution in [0.4, 0.5) is 0 Å². The number of rotatable bonds is 4. The fourth-order valence-corrected chi connectivity index (χ4v) is 3.38. The number of ether oxygens (including phenoxy) is 3. The summed E-state index contributed by atoms with van der Waals surface area (Å²) in [5, 5.41) is 32.2. The van der Waals surface area contributed by atoms with Crippen LogP contribution in [0.15, 0.2) is 35.6 Å². The number of fused-ring (bicyclic) bond motifs is 1. The average Bonchev–Trinajstić information content (AvgIpc) is 2.60. The Morgan fingerprint density at radius 1 is 1.33 bits per heavy atom. The lowest BCUT2D eigenvalue weighted by molar-refractivity contribution is -0.258. The Morgan fingerprint density at radius 3 is 2.74 bits per heavy atom. The van der Waals surface area contributed by atoms with E-state index in [1.54, 1.807) is 12.2 Å². The Hall–Kier alpha value is -2.20. The number of hydrogen-bond donors (Lipinski definition) is 4. The molecule has 0 aromatic rings. The van der Waals surface area contributed by atoms with Gasteiger partial charge in [-0.15, -0.1) is 0 Å².